The van der Waals surface area contributed by atoms with E-state index < -0.39 is 0 Å². The van der Waals surface area contributed by atoms with Crippen molar-refractivity contribution in [1.29, 1.82) is 0 Å². The first-order chi connectivity index (χ1) is 9.35. The van der Waals surface area contributed by atoms with Gasteiger partial charge in [-0.25, -0.2) is 0 Å². The normalized spacial score (nSPS) is 11.1. The van der Waals surface area contributed by atoms with Crippen LogP contribution in [0.5, 0.6) is 0 Å². The Morgan fingerprint density at radius 3 is 1.37 bits per heavy atom. The van der Waals surface area contributed by atoms with Gasteiger partial charge in [0.25, 0.3) is 0 Å². The van der Waals surface area contributed by atoms with Gasteiger partial charge in [-0.05, 0) is 18.8 Å². The second-order valence-corrected chi connectivity index (χ2v) is 5.90. The van der Waals surface area contributed by atoms with Gasteiger partial charge in [0.1, 0.15) is 0 Å². The molecule has 0 saturated carbocycles. The first-order valence-electron chi connectivity index (χ1n) is 8.82. The van der Waals surface area contributed by atoms with Gasteiger partial charge in [-0.1, -0.05) is 97.0 Å². The monoisotopic (exact) mass is 265 g/mol. The van der Waals surface area contributed by atoms with Crippen LogP contribution in [-0.2, 0) is 0 Å². The molecule has 0 unspecified atom stereocenters. The molecule has 0 N–H and O–H groups in total. The lowest BCUT2D eigenvalue weighted by Crippen LogP contribution is -1.94. The third-order valence-electron chi connectivity index (χ3n) is 3.99. The van der Waals surface area contributed by atoms with E-state index in [2.05, 4.69) is 26.5 Å². The zero-order valence-electron chi connectivity index (χ0n) is 13.7. The lowest BCUT2D eigenvalue weighted by Gasteiger charge is -2.11. The molecule has 1 radical (unpaired) electrons. The second kappa shape index (κ2) is 15.8. The SMILES string of the molecule is C=C[C](CCCCCCCC)CCCCCCCC. The maximum Gasteiger partial charge on any atom is -0.00301 e. The molecule has 0 nitrogen and oxygen atoms in total. The second-order valence-electron chi connectivity index (χ2n) is 5.90. The summed E-state index contributed by atoms with van der Waals surface area (Å²) in [6.45, 7) is 8.54. The summed E-state index contributed by atoms with van der Waals surface area (Å²) in [5.41, 5.74) is 0. The summed E-state index contributed by atoms with van der Waals surface area (Å²) in [4.78, 5) is 0. The van der Waals surface area contributed by atoms with Crippen LogP contribution in [0.15, 0.2) is 12.7 Å². The van der Waals surface area contributed by atoms with Crippen molar-refractivity contribution in [3.63, 3.8) is 0 Å². The molecule has 19 heavy (non-hydrogen) atoms. The lowest BCUT2D eigenvalue weighted by molar-refractivity contribution is 0.565. The van der Waals surface area contributed by atoms with Crippen molar-refractivity contribution >= 4 is 0 Å². The molecule has 0 amide bonds. The van der Waals surface area contributed by atoms with Gasteiger partial charge < -0.3 is 0 Å². The first kappa shape index (κ1) is 18.7. The van der Waals surface area contributed by atoms with Gasteiger partial charge in [0, 0.05) is 0 Å². The summed E-state index contributed by atoms with van der Waals surface area (Å²) in [6, 6.07) is 0. The summed E-state index contributed by atoms with van der Waals surface area (Å²) in [5, 5.41) is 0. The number of hydrogen-bond donors (Lipinski definition) is 0. The Kier molecular flexibility index (Phi) is 15.6. The highest BCUT2D eigenvalue weighted by Crippen LogP contribution is 2.21. The van der Waals surface area contributed by atoms with Crippen LogP contribution >= 0.6 is 0 Å². The molecule has 0 saturated heterocycles. The van der Waals surface area contributed by atoms with Crippen molar-refractivity contribution in [1.82, 2.24) is 0 Å². The highest BCUT2D eigenvalue weighted by Gasteiger charge is 2.04. The topological polar surface area (TPSA) is 0 Å². The van der Waals surface area contributed by atoms with Crippen molar-refractivity contribution in [2.24, 2.45) is 0 Å². The quantitative estimate of drug-likeness (QED) is 0.274. The van der Waals surface area contributed by atoms with Crippen molar-refractivity contribution < 1.29 is 0 Å². The maximum absolute atomic E-state index is 3.98. The Balaban J connectivity index is 3.32. The van der Waals surface area contributed by atoms with Crippen molar-refractivity contribution in [2.75, 3.05) is 0 Å². The third-order valence-corrected chi connectivity index (χ3v) is 3.99. The average Bonchev–Trinajstić information content (AvgIpc) is 2.44. The fraction of sp³-hybridized carbons (Fsp3) is 0.842. The minimum atomic E-state index is 1.30. The summed E-state index contributed by atoms with van der Waals surface area (Å²) in [6.07, 6.45) is 21.5. The Morgan fingerprint density at radius 2 is 1.00 bits per heavy atom. The molecule has 113 valence electrons. The lowest BCUT2D eigenvalue weighted by atomic mass is 9.94. The standard InChI is InChI=1S/C19H37/c1-4-7-9-11-13-15-17-19(6-3)18-16-14-12-10-8-5-2/h6H,3-5,7-18H2,1-2H3. The van der Waals surface area contributed by atoms with E-state index in [-0.39, 0.29) is 0 Å². The zero-order valence-corrected chi connectivity index (χ0v) is 13.7. The maximum atomic E-state index is 3.98. The Morgan fingerprint density at radius 1 is 0.632 bits per heavy atom. The van der Waals surface area contributed by atoms with E-state index in [9.17, 15) is 0 Å². The van der Waals surface area contributed by atoms with E-state index in [1.54, 1.807) is 5.92 Å². The van der Waals surface area contributed by atoms with Gasteiger partial charge in [0.05, 0.1) is 0 Å². The molecule has 0 aromatic rings. The highest BCUT2D eigenvalue weighted by atomic mass is 14.1. The Bertz CT molecular complexity index is 155. The molecule has 0 heteroatoms. The number of hydrogen-bond acceptors (Lipinski definition) is 0. The van der Waals surface area contributed by atoms with Crippen molar-refractivity contribution in [3.05, 3.63) is 18.6 Å². The molecule has 0 spiro atoms. The van der Waals surface area contributed by atoms with Crippen LogP contribution in [0.25, 0.3) is 0 Å². The van der Waals surface area contributed by atoms with E-state index in [0.29, 0.717) is 0 Å². The van der Waals surface area contributed by atoms with Gasteiger partial charge in [-0.15, -0.1) is 6.58 Å². The third kappa shape index (κ3) is 14.0. The van der Waals surface area contributed by atoms with Gasteiger partial charge in [0.2, 0.25) is 0 Å². The van der Waals surface area contributed by atoms with E-state index in [1.807, 2.05) is 0 Å². The summed E-state index contributed by atoms with van der Waals surface area (Å²) in [5.74, 6) is 1.60. The predicted molar refractivity (Wildman–Crippen MR) is 89.4 cm³/mol. The largest absolute Gasteiger partial charge is 0.102 e. The summed E-state index contributed by atoms with van der Waals surface area (Å²) < 4.78 is 0. The van der Waals surface area contributed by atoms with Crippen molar-refractivity contribution in [2.45, 2.75) is 104 Å². The number of rotatable bonds is 15. The molecule has 0 rings (SSSR count). The molecular formula is C19H37. The van der Waals surface area contributed by atoms with E-state index in [1.165, 1.54) is 89.9 Å². The smallest absolute Gasteiger partial charge is 0.00301 e. The van der Waals surface area contributed by atoms with Gasteiger partial charge >= 0.3 is 0 Å². The van der Waals surface area contributed by atoms with Crippen LogP contribution in [0.1, 0.15) is 104 Å². The highest BCUT2D eigenvalue weighted by molar-refractivity contribution is 5.05. The number of allylic oxidation sites excluding steroid dienone is 1. The molecular weight excluding hydrogens is 228 g/mol. The van der Waals surface area contributed by atoms with E-state index in [4.69, 9.17) is 0 Å². The molecule has 0 aliphatic heterocycles. The Hall–Kier alpha value is -0.260. The molecule has 0 bridgehead atoms. The fourth-order valence-electron chi connectivity index (χ4n) is 2.59. The van der Waals surface area contributed by atoms with Crippen LogP contribution in [0, 0.1) is 5.92 Å². The van der Waals surface area contributed by atoms with E-state index >= 15 is 0 Å². The molecule has 0 aliphatic rings. The molecule has 0 aromatic heterocycles. The van der Waals surface area contributed by atoms with Crippen LogP contribution < -0.4 is 0 Å². The van der Waals surface area contributed by atoms with Crippen LogP contribution in [0.2, 0.25) is 0 Å². The van der Waals surface area contributed by atoms with Gasteiger partial charge in [0.15, 0.2) is 0 Å². The minimum absolute atomic E-state index is 1.30. The van der Waals surface area contributed by atoms with Crippen LogP contribution in [0.3, 0.4) is 0 Å². The fourth-order valence-corrected chi connectivity index (χ4v) is 2.59. The van der Waals surface area contributed by atoms with E-state index in [0.717, 1.165) is 0 Å². The molecule has 0 aliphatic carbocycles. The van der Waals surface area contributed by atoms with Crippen molar-refractivity contribution in [3.8, 4) is 0 Å². The van der Waals surface area contributed by atoms with Gasteiger partial charge in [-0.2, -0.15) is 0 Å². The minimum Gasteiger partial charge on any atom is -0.102 e. The predicted octanol–water partition coefficient (Wildman–Crippen LogP) is 7.25. The van der Waals surface area contributed by atoms with Gasteiger partial charge in [-0.3, -0.25) is 0 Å². The molecule has 0 atom stereocenters. The number of unbranched alkanes of at least 4 members (excludes halogenated alkanes) is 10. The summed E-state index contributed by atoms with van der Waals surface area (Å²) >= 11 is 0. The average molecular weight is 266 g/mol. The summed E-state index contributed by atoms with van der Waals surface area (Å²) in [7, 11) is 0. The molecule has 0 heterocycles. The Labute approximate surface area is 123 Å². The first-order valence-corrected chi connectivity index (χ1v) is 8.82. The van der Waals surface area contributed by atoms with Crippen LogP contribution in [-0.4, -0.2) is 0 Å². The zero-order chi connectivity index (χ0) is 14.2. The molecule has 0 aromatic carbocycles. The molecule has 0 fully saturated rings. The van der Waals surface area contributed by atoms with Crippen LogP contribution in [0.4, 0.5) is 0 Å².